The van der Waals surface area contributed by atoms with Crippen LogP contribution >= 0.6 is 0 Å². The Morgan fingerprint density at radius 3 is 2.65 bits per heavy atom. The average molecular weight is 320 g/mol. The van der Waals surface area contributed by atoms with E-state index in [-0.39, 0.29) is 18.1 Å². The summed E-state index contributed by atoms with van der Waals surface area (Å²) in [5.41, 5.74) is 1.26. The highest BCUT2D eigenvalue weighted by molar-refractivity contribution is 5.91. The molecule has 2 aliphatic heterocycles. The van der Waals surface area contributed by atoms with Crippen molar-refractivity contribution in [1.82, 2.24) is 0 Å². The van der Waals surface area contributed by atoms with Gasteiger partial charge in [-0.15, -0.1) is 0 Å². The molecule has 0 spiro atoms. The summed E-state index contributed by atoms with van der Waals surface area (Å²) in [6, 6.07) is 0. The van der Waals surface area contributed by atoms with E-state index in [4.69, 9.17) is 4.74 Å². The van der Waals surface area contributed by atoms with Gasteiger partial charge in [-0.05, 0) is 44.9 Å². The third kappa shape index (κ3) is 4.31. The van der Waals surface area contributed by atoms with Crippen LogP contribution in [0.1, 0.15) is 59.3 Å². The molecule has 128 valence electrons. The second-order valence-corrected chi connectivity index (χ2v) is 7.59. The molecule has 23 heavy (non-hydrogen) atoms. The van der Waals surface area contributed by atoms with E-state index < -0.39 is 23.6 Å². The zero-order valence-corrected chi connectivity index (χ0v) is 14.4. The number of carbonyl (C=O) groups is 2. The van der Waals surface area contributed by atoms with Crippen LogP contribution in [-0.2, 0) is 14.3 Å². The van der Waals surface area contributed by atoms with E-state index in [1.807, 2.05) is 13.8 Å². The van der Waals surface area contributed by atoms with Crippen molar-refractivity contribution in [2.45, 2.75) is 71.5 Å². The molecule has 0 radical (unpaired) electrons. The van der Waals surface area contributed by atoms with E-state index in [0.717, 1.165) is 30.4 Å². The third-order valence-electron chi connectivity index (χ3n) is 5.24. The van der Waals surface area contributed by atoms with Gasteiger partial charge in [-0.1, -0.05) is 37.6 Å². The number of ether oxygens (including phenoxy) is 1. The monoisotopic (exact) mass is 320 g/mol. The molecule has 0 aromatic carbocycles. The summed E-state index contributed by atoms with van der Waals surface area (Å²) in [7, 11) is 0. The lowest BCUT2D eigenvalue weighted by atomic mass is 9.65. The maximum absolute atomic E-state index is 12.7. The number of Topliss-reactive ketones (excluding diaryl/α,β-unsaturated/α-hetero) is 1. The number of aliphatic hydroxyl groups is 1. The Labute approximate surface area is 138 Å². The topological polar surface area (TPSA) is 63.6 Å². The number of esters is 1. The van der Waals surface area contributed by atoms with E-state index in [1.54, 1.807) is 13.0 Å². The minimum absolute atomic E-state index is 0.0337. The first-order chi connectivity index (χ1) is 10.7. The van der Waals surface area contributed by atoms with Crippen LogP contribution in [0.3, 0.4) is 0 Å². The van der Waals surface area contributed by atoms with Crippen molar-refractivity contribution in [3.8, 4) is 0 Å². The van der Waals surface area contributed by atoms with Crippen molar-refractivity contribution >= 4 is 11.8 Å². The molecular weight excluding hydrogens is 292 g/mol. The average Bonchev–Trinajstić information content (AvgIpc) is 2.41. The molecule has 4 nitrogen and oxygen atoms in total. The number of carbonyl (C=O) groups excluding carboxylic acids is 2. The van der Waals surface area contributed by atoms with Crippen LogP contribution in [0.15, 0.2) is 23.8 Å². The van der Waals surface area contributed by atoms with Crippen molar-refractivity contribution in [2.75, 3.05) is 0 Å². The Morgan fingerprint density at radius 1 is 1.26 bits per heavy atom. The van der Waals surface area contributed by atoms with E-state index in [1.165, 1.54) is 0 Å². The minimum Gasteiger partial charge on any atom is -0.454 e. The van der Waals surface area contributed by atoms with Gasteiger partial charge in [-0.2, -0.15) is 0 Å². The summed E-state index contributed by atoms with van der Waals surface area (Å²) in [4.78, 5) is 24.8. The van der Waals surface area contributed by atoms with Gasteiger partial charge in [0.1, 0.15) is 0 Å². The number of aliphatic hydroxyl groups excluding tert-OH is 1. The fourth-order valence-corrected chi connectivity index (χ4v) is 3.73. The highest BCUT2D eigenvalue weighted by Crippen LogP contribution is 2.42. The molecule has 0 aromatic rings. The molecule has 3 aliphatic rings. The maximum Gasteiger partial charge on any atom is 0.310 e. The molecular formula is C19H28O4. The van der Waals surface area contributed by atoms with Gasteiger partial charge in [0.2, 0.25) is 0 Å². The van der Waals surface area contributed by atoms with Crippen LogP contribution in [0.5, 0.6) is 0 Å². The molecule has 2 bridgehead atoms. The lowest BCUT2D eigenvalue weighted by molar-refractivity contribution is -0.163. The summed E-state index contributed by atoms with van der Waals surface area (Å²) >= 11 is 0. The normalized spacial score (nSPS) is 33.0. The van der Waals surface area contributed by atoms with Crippen LogP contribution in [0, 0.1) is 11.3 Å². The maximum atomic E-state index is 12.7. The van der Waals surface area contributed by atoms with Gasteiger partial charge in [-0.25, -0.2) is 0 Å². The molecule has 3 rings (SSSR count). The molecule has 2 heterocycles. The first kappa shape index (κ1) is 17.9. The predicted octanol–water partition coefficient (Wildman–Crippen LogP) is 3.34. The number of hydrogen-bond donors (Lipinski definition) is 1. The first-order valence-electron chi connectivity index (χ1n) is 8.46. The summed E-state index contributed by atoms with van der Waals surface area (Å²) < 4.78 is 5.43. The number of fused-ring (bicyclic) bond motifs is 10. The number of hydrogen-bond acceptors (Lipinski definition) is 4. The molecule has 3 atom stereocenters. The predicted molar refractivity (Wildman–Crippen MR) is 88.8 cm³/mol. The molecule has 0 amide bonds. The van der Waals surface area contributed by atoms with Crippen LogP contribution < -0.4 is 0 Å². The summed E-state index contributed by atoms with van der Waals surface area (Å²) in [6.45, 7) is 9.76. The summed E-state index contributed by atoms with van der Waals surface area (Å²) in [5, 5.41) is 10.1. The van der Waals surface area contributed by atoms with Crippen molar-refractivity contribution in [3.63, 3.8) is 0 Å². The van der Waals surface area contributed by atoms with Crippen LogP contribution in [0.25, 0.3) is 0 Å². The van der Waals surface area contributed by atoms with E-state index in [0.29, 0.717) is 12.8 Å². The molecule has 1 N–H and O–H groups in total. The fraction of sp³-hybridized carbons (Fsp3) is 0.684. The molecule has 0 unspecified atom stereocenters. The highest BCUT2D eigenvalue weighted by atomic mass is 16.5. The largest absolute Gasteiger partial charge is 0.454 e. The zero-order valence-electron chi connectivity index (χ0n) is 14.4. The Bertz CT molecular complexity index is 529. The highest BCUT2D eigenvalue weighted by Gasteiger charge is 2.45. The molecule has 1 saturated carbocycles. The van der Waals surface area contributed by atoms with E-state index in [2.05, 4.69) is 6.58 Å². The first-order valence-corrected chi connectivity index (χ1v) is 8.46. The molecule has 0 saturated heterocycles. The van der Waals surface area contributed by atoms with Gasteiger partial charge in [0.05, 0.1) is 12.5 Å². The quantitative estimate of drug-likeness (QED) is 0.549. The lowest BCUT2D eigenvalue weighted by Gasteiger charge is -2.40. The summed E-state index contributed by atoms with van der Waals surface area (Å²) in [5.74, 6) is -0.0973. The van der Waals surface area contributed by atoms with E-state index >= 15 is 0 Å². The smallest absolute Gasteiger partial charge is 0.310 e. The van der Waals surface area contributed by atoms with Gasteiger partial charge < -0.3 is 9.84 Å². The van der Waals surface area contributed by atoms with Crippen molar-refractivity contribution < 1.29 is 19.4 Å². The molecule has 4 heteroatoms. The van der Waals surface area contributed by atoms with Crippen LogP contribution in [0.2, 0.25) is 0 Å². The van der Waals surface area contributed by atoms with Crippen molar-refractivity contribution in [1.29, 1.82) is 0 Å². The van der Waals surface area contributed by atoms with Crippen LogP contribution in [-0.4, -0.2) is 29.1 Å². The van der Waals surface area contributed by atoms with Crippen LogP contribution in [0.4, 0.5) is 0 Å². The van der Waals surface area contributed by atoms with E-state index in [9.17, 15) is 14.7 Å². The second kappa shape index (κ2) is 7.00. The SMILES string of the molecule is C=C1CC[C@@H]2CC[C@H](OC(=O)CC(C)=C[C@@H](O)C1)C(=O)C2(C)C. The second-order valence-electron chi connectivity index (χ2n) is 7.59. The van der Waals surface area contributed by atoms with Gasteiger partial charge in [-0.3, -0.25) is 9.59 Å². The Morgan fingerprint density at radius 2 is 1.96 bits per heavy atom. The Hall–Kier alpha value is -1.42. The van der Waals surface area contributed by atoms with Gasteiger partial charge in [0, 0.05) is 5.41 Å². The lowest BCUT2D eigenvalue weighted by Crippen LogP contribution is -2.46. The van der Waals surface area contributed by atoms with Crippen molar-refractivity contribution in [3.05, 3.63) is 23.8 Å². The molecule has 1 fully saturated rings. The zero-order chi connectivity index (χ0) is 17.2. The minimum atomic E-state index is -0.627. The van der Waals surface area contributed by atoms with Crippen molar-refractivity contribution in [2.24, 2.45) is 11.3 Å². The standard InChI is InChI=1S/C19H28O4/c1-12-5-6-14-7-8-16(18(22)19(14,3)4)23-17(21)11-13(2)10-15(20)9-12/h10,14-16,20H,1,5-9,11H2,2-4H3/t14-,15+,16+/m1/s1. The Kier molecular flexibility index (Phi) is 5.45. The summed E-state index contributed by atoms with van der Waals surface area (Å²) in [6.07, 6.45) is 4.22. The Balaban J connectivity index is 2.25. The van der Waals surface area contributed by atoms with Gasteiger partial charge in [0.15, 0.2) is 11.9 Å². The fourth-order valence-electron chi connectivity index (χ4n) is 3.73. The third-order valence-corrected chi connectivity index (χ3v) is 5.24. The molecule has 1 aliphatic carbocycles. The molecule has 0 aromatic heterocycles. The van der Waals surface area contributed by atoms with Gasteiger partial charge >= 0.3 is 5.97 Å². The van der Waals surface area contributed by atoms with Gasteiger partial charge in [0.25, 0.3) is 0 Å². The number of ketones is 1. The number of rotatable bonds is 0.